The van der Waals surface area contributed by atoms with Crippen LogP contribution >= 0.6 is 11.5 Å². The molecule has 1 aromatic heterocycles. The van der Waals surface area contributed by atoms with Crippen molar-refractivity contribution < 1.29 is 9.53 Å². The lowest BCUT2D eigenvalue weighted by Crippen LogP contribution is -2.53. The molecule has 6 heteroatoms. The molecule has 2 aliphatic rings. The van der Waals surface area contributed by atoms with Crippen LogP contribution in [0.4, 0.5) is 9.80 Å². The van der Waals surface area contributed by atoms with E-state index in [2.05, 4.69) is 20.7 Å². The number of piperidine rings is 1. The van der Waals surface area contributed by atoms with E-state index >= 15 is 0 Å². The Balaban J connectivity index is 1.62. The van der Waals surface area contributed by atoms with Gasteiger partial charge in [0.15, 0.2) is 0 Å². The summed E-state index contributed by atoms with van der Waals surface area (Å²) in [5.74, 6) is 1.02. The van der Waals surface area contributed by atoms with Crippen molar-refractivity contribution in [1.82, 2.24) is 9.69 Å². The summed E-state index contributed by atoms with van der Waals surface area (Å²) >= 11 is 1.57. The normalized spacial score (nSPS) is 27.8. The summed E-state index contributed by atoms with van der Waals surface area (Å²) in [6.45, 7) is 9.73. The van der Waals surface area contributed by atoms with E-state index in [9.17, 15) is 4.79 Å². The molecule has 1 saturated heterocycles. The van der Waals surface area contributed by atoms with E-state index in [1.54, 1.807) is 11.5 Å². The summed E-state index contributed by atoms with van der Waals surface area (Å²) < 4.78 is 9.79. The zero-order chi connectivity index (χ0) is 15.9. The van der Waals surface area contributed by atoms with Crippen LogP contribution < -0.4 is 10.2 Å². The summed E-state index contributed by atoms with van der Waals surface area (Å²) in [7, 11) is 0. The predicted octanol–water partition coefficient (Wildman–Crippen LogP) is 3.19. The molecule has 1 aromatic rings. The van der Waals surface area contributed by atoms with E-state index < -0.39 is 5.60 Å². The van der Waals surface area contributed by atoms with Gasteiger partial charge in [-0.1, -0.05) is 0 Å². The van der Waals surface area contributed by atoms with Crippen molar-refractivity contribution in [2.75, 3.05) is 18.0 Å². The molecule has 0 aromatic carbocycles. The average molecular weight is 323 g/mol. The lowest BCUT2D eigenvalue weighted by molar-refractivity contribution is 0.0473. The second-order valence-electron chi connectivity index (χ2n) is 7.48. The first kappa shape index (κ1) is 15.6. The van der Waals surface area contributed by atoms with Crippen LogP contribution in [0.25, 0.3) is 0 Å². The molecular weight excluding hydrogens is 298 g/mol. The van der Waals surface area contributed by atoms with Crippen LogP contribution in [-0.4, -0.2) is 35.2 Å². The second kappa shape index (κ2) is 5.72. The number of carbonyl (C=O) groups excluding carboxylic acids is 1. The number of aromatic nitrogens is 1. The van der Waals surface area contributed by atoms with Crippen LogP contribution in [0.5, 0.6) is 0 Å². The number of rotatable bonds is 2. The highest BCUT2D eigenvalue weighted by atomic mass is 32.1. The zero-order valence-electron chi connectivity index (χ0n) is 13.8. The van der Waals surface area contributed by atoms with E-state index in [0.717, 1.165) is 18.8 Å². The van der Waals surface area contributed by atoms with Crippen LogP contribution in [0.1, 0.15) is 39.3 Å². The third kappa shape index (κ3) is 3.37. The molecule has 2 bridgehead atoms. The molecule has 1 saturated carbocycles. The molecule has 0 unspecified atom stereocenters. The largest absolute Gasteiger partial charge is 0.444 e. The number of amides is 1. The highest BCUT2D eigenvalue weighted by molar-refractivity contribution is 7.10. The van der Waals surface area contributed by atoms with E-state index in [1.165, 1.54) is 17.8 Å². The molecule has 1 N–H and O–H groups in total. The number of anilines is 1. The topological polar surface area (TPSA) is 54.5 Å². The highest BCUT2D eigenvalue weighted by Crippen LogP contribution is 2.39. The van der Waals surface area contributed by atoms with Gasteiger partial charge in [0.25, 0.3) is 0 Å². The number of nitrogens with one attached hydrogen (secondary N) is 1. The Bertz CT molecular complexity index is 538. The van der Waals surface area contributed by atoms with E-state index in [1.807, 2.05) is 27.7 Å². The molecule has 122 valence electrons. The molecule has 1 aliphatic heterocycles. The number of alkyl carbamates (subject to hydrolysis) is 1. The molecule has 1 aliphatic carbocycles. The van der Waals surface area contributed by atoms with Gasteiger partial charge in [-0.2, -0.15) is 4.37 Å². The molecule has 5 nitrogen and oxygen atoms in total. The van der Waals surface area contributed by atoms with Gasteiger partial charge in [0.2, 0.25) is 0 Å². The number of carbonyl (C=O) groups is 1. The fourth-order valence-corrected chi connectivity index (χ4v) is 4.36. The Kier molecular flexibility index (Phi) is 4.05. The Morgan fingerprint density at radius 3 is 2.50 bits per heavy atom. The quantitative estimate of drug-likeness (QED) is 0.908. The molecular formula is C16H25N3O2S. The van der Waals surface area contributed by atoms with E-state index in [4.69, 9.17) is 4.74 Å². The van der Waals surface area contributed by atoms with Gasteiger partial charge in [0.05, 0.1) is 5.69 Å². The van der Waals surface area contributed by atoms with Gasteiger partial charge in [-0.3, -0.25) is 0 Å². The van der Waals surface area contributed by atoms with Gasteiger partial charge >= 0.3 is 6.09 Å². The lowest BCUT2D eigenvalue weighted by atomic mass is 9.92. The monoisotopic (exact) mass is 323 g/mol. The van der Waals surface area contributed by atoms with Crippen molar-refractivity contribution in [2.24, 2.45) is 11.8 Å². The standard InChI is InChI=1S/C16H25N3O2S/c1-10-7-13(22-18-10)19-8-11-5-6-12(9-19)14(11)17-15(20)21-16(2,3)4/h7,11-12,14H,5-6,8-9H2,1-4H3,(H,17,20)/t11-,12+,14-. The fourth-order valence-electron chi connectivity index (χ4n) is 3.58. The zero-order valence-corrected chi connectivity index (χ0v) is 14.6. The average Bonchev–Trinajstić information content (AvgIpc) is 2.89. The number of hydrogen-bond donors (Lipinski definition) is 1. The Morgan fingerprint density at radius 1 is 1.36 bits per heavy atom. The van der Waals surface area contributed by atoms with Crippen molar-refractivity contribution in [3.8, 4) is 0 Å². The highest BCUT2D eigenvalue weighted by Gasteiger charge is 2.43. The molecule has 0 spiro atoms. The van der Waals surface area contributed by atoms with Gasteiger partial charge in [-0.25, -0.2) is 4.79 Å². The third-order valence-electron chi connectivity index (χ3n) is 4.44. The van der Waals surface area contributed by atoms with Crippen molar-refractivity contribution in [1.29, 1.82) is 0 Å². The summed E-state index contributed by atoms with van der Waals surface area (Å²) in [6, 6.07) is 2.41. The summed E-state index contributed by atoms with van der Waals surface area (Å²) in [6.07, 6.45) is 2.08. The smallest absolute Gasteiger partial charge is 0.407 e. The minimum Gasteiger partial charge on any atom is -0.444 e. The van der Waals surface area contributed by atoms with Crippen molar-refractivity contribution >= 4 is 22.6 Å². The van der Waals surface area contributed by atoms with Gasteiger partial charge in [0, 0.05) is 19.1 Å². The van der Waals surface area contributed by atoms with E-state index in [0.29, 0.717) is 11.8 Å². The Morgan fingerprint density at radius 2 is 2.00 bits per heavy atom. The van der Waals surface area contributed by atoms with Gasteiger partial charge in [-0.15, -0.1) is 0 Å². The minimum absolute atomic E-state index is 0.250. The number of aryl methyl sites for hydroxylation is 1. The number of fused-ring (bicyclic) bond motifs is 2. The van der Waals surface area contributed by atoms with Crippen LogP contribution in [0.15, 0.2) is 6.07 Å². The molecule has 3 atom stereocenters. The Hall–Kier alpha value is -1.30. The predicted molar refractivity (Wildman–Crippen MR) is 88.4 cm³/mol. The first-order valence-corrected chi connectivity index (χ1v) is 8.77. The summed E-state index contributed by atoms with van der Waals surface area (Å²) in [4.78, 5) is 14.5. The minimum atomic E-state index is -0.440. The maximum Gasteiger partial charge on any atom is 0.407 e. The summed E-state index contributed by atoms with van der Waals surface area (Å²) in [5, 5.41) is 4.37. The molecule has 1 amide bonds. The van der Waals surface area contributed by atoms with E-state index in [-0.39, 0.29) is 12.1 Å². The molecule has 2 heterocycles. The molecule has 3 rings (SSSR count). The van der Waals surface area contributed by atoms with Gasteiger partial charge in [-0.05, 0) is 70.0 Å². The summed E-state index contributed by atoms with van der Waals surface area (Å²) in [5.41, 5.74) is 0.644. The van der Waals surface area contributed by atoms with Crippen molar-refractivity contribution in [3.63, 3.8) is 0 Å². The van der Waals surface area contributed by atoms with Gasteiger partial charge < -0.3 is 15.0 Å². The number of nitrogens with zero attached hydrogens (tertiary/aromatic N) is 2. The maximum absolute atomic E-state index is 12.0. The second-order valence-corrected chi connectivity index (χ2v) is 8.26. The molecule has 0 radical (unpaired) electrons. The molecule has 2 fully saturated rings. The van der Waals surface area contributed by atoms with Crippen LogP contribution in [0.2, 0.25) is 0 Å². The first-order valence-electron chi connectivity index (χ1n) is 7.99. The molecule has 22 heavy (non-hydrogen) atoms. The first-order chi connectivity index (χ1) is 10.3. The maximum atomic E-state index is 12.0. The van der Waals surface area contributed by atoms with Gasteiger partial charge in [0.1, 0.15) is 10.6 Å². The fraction of sp³-hybridized carbons (Fsp3) is 0.750. The third-order valence-corrected chi connectivity index (χ3v) is 5.39. The van der Waals surface area contributed by atoms with Crippen molar-refractivity contribution in [2.45, 2.75) is 52.2 Å². The Labute approximate surface area is 136 Å². The van der Waals surface area contributed by atoms with Crippen LogP contribution in [0.3, 0.4) is 0 Å². The van der Waals surface area contributed by atoms with Crippen molar-refractivity contribution in [3.05, 3.63) is 11.8 Å². The SMILES string of the molecule is Cc1cc(N2C[C@H]3CC[C@@H](C2)[C@@H]3NC(=O)OC(C)(C)C)sn1. The number of hydrogen-bond acceptors (Lipinski definition) is 5. The number of ether oxygens (including phenoxy) is 1. The van der Waals surface area contributed by atoms with Crippen LogP contribution in [0, 0.1) is 18.8 Å². The van der Waals surface area contributed by atoms with Crippen LogP contribution in [-0.2, 0) is 4.74 Å². The lowest BCUT2D eigenvalue weighted by Gasteiger charge is -2.38.